The number of halogens is 1. The molecule has 5 nitrogen and oxygen atoms in total. The van der Waals surface area contributed by atoms with Gasteiger partial charge in [0.2, 0.25) is 0 Å². The smallest absolute Gasteiger partial charge is 0.154 e. The van der Waals surface area contributed by atoms with Crippen LogP contribution in [0.15, 0.2) is 6.07 Å². The molecule has 18 heavy (non-hydrogen) atoms. The van der Waals surface area contributed by atoms with E-state index in [2.05, 4.69) is 26.5 Å². The van der Waals surface area contributed by atoms with Crippen LogP contribution in [0, 0.1) is 18.3 Å². The lowest BCUT2D eigenvalue weighted by molar-refractivity contribution is 0.239. The van der Waals surface area contributed by atoms with Gasteiger partial charge in [0.15, 0.2) is 5.15 Å². The molecule has 1 fully saturated rings. The average Bonchev–Trinajstić information content (AvgIpc) is 2.35. The molecule has 6 heteroatoms. The van der Waals surface area contributed by atoms with Crippen LogP contribution in [-0.2, 0) is 0 Å². The first-order valence-corrected chi connectivity index (χ1v) is 6.42. The number of nitrogens with zero attached hydrogens (tertiary/aromatic N) is 4. The normalized spacial score (nSPS) is 20.4. The highest BCUT2D eigenvalue weighted by molar-refractivity contribution is 6.30. The fraction of sp³-hybridized carbons (Fsp3) is 0.583. The number of anilines is 1. The molecule has 0 bridgehead atoms. The lowest BCUT2D eigenvalue weighted by Gasteiger charge is -2.31. The summed E-state index contributed by atoms with van der Waals surface area (Å²) in [5.41, 5.74) is 0.916. The number of likely N-dealkylation sites (tertiary alicyclic amines) is 1. The molecular formula is C12H16ClN5. The molecule has 1 aliphatic rings. The van der Waals surface area contributed by atoms with Crippen LogP contribution in [0.2, 0.25) is 5.15 Å². The summed E-state index contributed by atoms with van der Waals surface area (Å²) in [5.74, 6) is 0.751. The van der Waals surface area contributed by atoms with Gasteiger partial charge >= 0.3 is 0 Å². The van der Waals surface area contributed by atoms with Crippen LogP contribution in [-0.4, -0.2) is 40.8 Å². The Hall–Kier alpha value is -1.38. The first kappa shape index (κ1) is 13.1. The number of aryl methyl sites for hydroxylation is 1. The molecule has 1 aliphatic heterocycles. The van der Waals surface area contributed by atoms with Gasteiger partial charge in [0, 0.05) is 12.6 Å². The highest BCUT2D eigenvalue weighted by atomic mass is 35.5. The van der Waals surface area contributed by atoms with Crippen LogP contribution in [0.25, 0.3) is 0 Å². The van der Waals surface area contributed by atoms with Crippen LogP contribution >= 0.6 is 11.6 Å². The molecule has 1 aromatic heterocycles. The van der Waals surface area contributed by atoms with E-state index in [0.29, 0.717) is 17.7 Å². The van der Waals surface area contributed by atoms with Gasteiger partial charge in [-0.3, -0.25) is 4.90 Å². The van der Waals surface area contributed by atoms with Crippen LogP contribution in [0.5, 0.6) is 0 Å². The maximum atomic E-state index is 8.71. The lowest BCUT2D eigenvalue weighted by Crippen LogP contribution is -2.42. The summed E-state index contributed by atoms with van der Waals surface area (Å²) in [5, 5.41) is 20.4. The van der Waals surface area contributed by atoms with Crippen LogP contribution < -0.4 is 5.32 Å². The van der Waals surface area contributed by atoms with E-state index in [9.17, 15) is 0 Å². The summed E-state index contributed by atoms with van der Waals surface area (Å²) in [4.78, 5) is 2.15. The fourth-order valence-electron chi connectivity index (χ4n) is 2.17. The molecule has 96 valence electrons. The van der Waals surface area contributed by atoms with Crippen LogP contribution in [0.4, 0.5) is 5.82 Å². The molecule has 1 unspecified atom stereocenters. The highest BCUT2D eigenvalue weighted by Gasteiger charge is 2.19. The maximum Gasteiger partial charge on any atom is 0.154 e. The second-order valence-corrected chi connectivity index (χ2v) is 4.94. The molecule has 1 atom stereocenters. The number of piperidine rings is 1. The molecule has 0 amide bonds. The third-order valence-corrected chi connectivity index (χ3v) is 3.45. The van der Waals surface area contributed by atoms with E-state index >= 15 is 0 Å². The Bertz CT molecular complexity index is 456. The van der Waals surface area contributed by atoms with E-state index in [1.807, 2.05) is 13.0 Å². The Morgan fingerprint density at radius 3 is 3.17 bits per heavy atom. The summed E-state index contributed by atoms with van der Waals surface area (Å²) in [6, 6.07) is 4.41. The molecule has 0 saturated carbocycles. The lowest BCUT2D eigenvalue weighted by atomic mass is 10.1. The van der Waals surface area contributed by atoms with Gasteiger partial charge in [-0.25, -0.2) is 0 Å². The van der Waals surface area contributed by atoms with Crippen molar-refractivity contribution in [1.82, 2.24) is 15.1 Å². The van der Waals surface area contributed by atoms with Gasteiger partial charge in [-0.15, -0.1) is 10.2 Å². The second kappa shape index (κ2) is 5.98. The minimum Gasteiger partial charge on any atom is -0.365 e. The van der Waals surface area contributed by atoms with E-state index in [1.54, 1.807) is 0 Å². The van der Waals surface area contributed by atoms with Gasteiger partial charge < -0.3 is 5.32 Å². The molecule has 0 radical (unpaired) electrons. The van der Waals surface area contributed by atoms with Crippen molar-refractivity contribution in [3.63, 3.8) is 0 Å². The minimum absolute atomic E-state index is 0.321. The van der Waals surface area contributed by atoms with Crippen molar-refractivity contribution in [3.05, 3.63) is 16.8 Å². The van der Waals surface area contributed by atoms with Crippen molar-refractivity contribution in [2.45, 2.75) is 25.8 Å². The average molecular weight is 266 g/mol. The number of nitriles is 1. The van der Waals surface area contributed by atoms with Gasteiger partial charge in [0.05, 0.1) is 12.6 Å². The van der Waals surface area contributed by atoms with Crippen LogP contribution in [0.1, 0.15) is 18.4 Å². The Kier molecular flexibility index (Phi) is 4.34. The number of aromatic nitrogens is 2. The Morgan fingerprint density at radius 2 is 2.44 bits per heavy atom. The van der Waals surface area contributed by atoms with Gasteiger partial charge in [0.1, 0.15) is 5.82 Å². The van der Waals surface area contributed by atoms with E-state index in [4.69, 9.17) is 16.9 Å². The van der Waals surface area contributed by atoms with E-state index < -0.39 is 0 Å². The van der Waals surface area contributed by atoms with Gasteiger partial charge in [-0.05, 0) is 37.9 Å². The van der Waals surface area contributed by atoms with E-state index in [-0.39, 0.29) is 0 Å². The molecular weight excluding hydrogens is 250 g/mol. The summed E-state index contributed by atoms with van der Waals surface area (Å²) < 4.78 is 0. The van der Waals surface area contributed by atoms with Crippen molar-refractivity contribution in [2.75, 3.05) is 25.0 Å². The largest absolute Gasteiger partial charge is 0.365 e. The first-order valence-electron chi connectivity index (χ1n) is 6.04. The number of hydrogen-bond donors (Lipinski definition) is 1. The summed E-state index contributed by atoms with van der Waals surface area (Å²) >= 11 is 5.84. The summed E-state index contributed by atoms with van der Waals surface area (Å²) in [7, 11) is 0. The fourth-order valence-corrected chi connectivity index (χ4v) is 2.26. The third kappa shape index (κ3) is 3.31. The third-order valence-electron chi connectivity index (χ3n) is 3.08. The van der Waals surface area contributed by atoms with Gasteiger partial charge in [-0.2, -0.15) is 5.26 Å². The summed E-state index contributed by atoms with van der Waals surface area (Å²) in [6.45, 7) is 4.27. The maximum absolute atomic E-state index is 8.71. The van der Waals surface area contributed by atoms with Crippen molar-refractivity contribution in [3.8, 4) is 6.07 Å². The molecule has 1 N–H and O–H groups in total. The second-order valence-electron chi connectivity index (χ2n) is 4.58. The number of hydrogen-bond acceptors (Lipinski definition) is 5. The zero-order valence-corrected chi connectivity index (χ0v) is 11.1. The Balaban J connectivity index is 1.96. The zero-order chi connectivity index (χ0) is 13.0. The summed E-state index contributed by atoms with van der Waals surface area (Å²) in [6.07, 6.45) is 2.19. The van der Waals surface area contributed by atoms with Crippen molar-refractivity contribution in [1.29, 1.82) is 5.26 Å². The zero-order valence-electron chi connectivity index (χ0n) is 10.4. The molecule has 0 aromatic carbocycles. The molecule has 1 saturated heterocycles. The van der Waals surface area contributed by atoms with Crippen molar-refractivity contribution < 1.29 is 0 Å². The Labute approximate surface area is 112 Å². The van der Waals surface area contributed by atoms with Crippen molar-refractivity contribution in [2.24, 2.45) is 0 Å². The minimum atomic E-state index is 0.321. The molecule has 1 aromatic rings. The SMILES string of the molecule is Cc1cc(NC2CCCN(CC#N)C2)nnc1Cl. The topological polar surface area (TPSA) is 64.8 Å². The number of nitrogens with one attached hydrogen (secondary N) is 1. The van der Waals surface area contributed by atoms with Crippen molar-refractivity contribution >= 4 is 17.4 Å². The standard InChI is InChI=1S/C12H16ClN5/c1-9-7-11(16-17-12(9)13)15-10-3-2-5-18(8-10)6-4-14/h7,10H,2-3,5-6,8H2,1H3,(H,15,16). The van der Waals surface area contributed by atoms with Gasteiger partial charge in [-0.1, -0.05) is 11.6 Å². The molecule has 0 spiro atoms. The quantitative estimate of drug-likeness (QED) is 0.845. The van der Waals surface area contributed by atoms with E-state index in [0.717, 1.165) is 37.3 Å². The van der Waals surface area contributed by atoms with Gasteiger partial charge in [0.25, 0.3) is 0 Å². The predicted octanol–water partition coefficient (Wildman–Crippen LogP) is 1.84. The predicted molar refractivity (Wildman–Crippen MR) is 70.5 cm³/mol. The highest BCUT2D eigenvalue weighted by Crippen LogP contribution is 2.17. The Morgan fingerprint density at radius 1 is 1.61 bits per heavy atom. The molecule has 0 aliphatic carbocycles. The molecule has 2 heterocycles. The molecule has 2 rings (SSSR count). The number of rotatable bonds is 3. The van der Waals surface area contributed by atoms with E-state index in [1.165, 1.54) is 0 Å². The van der Waals surface area contributed by atoms with Crippen LogP contribution in [0.3, 0.4) is 0 Å². The first-order chi connectivity index (χ1) is 8.69. The monoisotopic (exact) mass is 265 g/mol.